The lowest BCUT2D eigenvalue weighted by Crippen LogP contribution is -3.00. The third-order valence-electron chi connectivity index (χ3n) is 9.50. The van der Waals surface area contributed by atoms with Gasteiger partial charge in [-0.25, -0.2) is 4.98 Å². The number of benzene rings is 3. The second kappa shape index (κ2) is 23.6. The largest absolute Gasteiger partial charge is 1.00 e. The van der Waals surface area contributed by atoms with Gasteiger partial charge in [-0.1, -0.05) is 132 Å². The van der Waals surface area contributed by atoms with Crippen LogP contribution < -0.4 is 32.9 Å². The average molecular weight is 734 g/mol. The second-order valence-corrected chi connectivity index (χ2v) is 16.6. The van der Waals surface area contributed by atoms with Gasteiger partial charge in [0.05, 0.1) is 19.1 Å². The fourth-order valence-electron chi connectivity index (χ4n) is 6.87. The molecule has 260 valence electrons. The molecule has 0 aliphatic carbocycles. The van der Waals surface area contributed by atoms with E-state index in [0.717, 1.165) is 25.4 Å². The third kappa shape index (κ3) is 12.9. The highest BCUT2D eigenvalue weighted by Gasteiger charge is 2.44. The predicted molar refractivity (Wildman–Crippen MR) is 202 cm³/mol. The number of carbonyl (C=O) groups is 1. The molecule has 0 fully saturated rings. The molecule has 1 aromatic heterocycles. The Balaban J connectivity index is 0.00000625. The summed E-state index contributed by atoms with van der Waals surface area (Å²) in [6.45, 7) is 2.76. The summed E-state index contributed by atoms with van der Waals surface area (Å²) in [4.78, 5) is 16.8. The first-order valence-electron chi connectivity index (χ1n) is 18.4. The number of rotatable bonds is 24. The van der Waals surface area contributed by atoms with Gasteiger partial charge in [-0.05, 0) is 55.7 Å². The van der Waals surface area contributed by atoms with Crippen LogP contribution in [0.4, 0.5) is 0 Å². The fraction of sp³-hybridized carbons (Fsp3) is 0.476. The summed E-state index contributed by atoms with van der Waals surface area (Å²) >= 11 is 0. The first kappa shape index (κ1) is 39.7. The van der Waals surface area contributed by atoms with Gasteiger partial charge in [0.2, 0.25) is 0 Å². The molecule has 0 N–H and O–H groups in total. The highest BCUT2D eigenvalue weighted by Crippen LogP contribution is 2.55. The molecule has 3 aromatic carbocycles. The highest BCUT2D eigenvalue weighted by atomic mass is 79.9. The van der Waals surface area contributed by atoms with E-state index in [1.165, 1.54) is 93.0 Å². The molecule has 48 heavy (non-hydrogen) atoms. The Morgan fingerprint density at radius 1 is 0.667 bits per heavy atom. The van der Waals surface area contributed by atoms with Crippen LogP contribution in [0.2, 0.25) is 0 Å². The maximum absolute atomic E-state index is 12.6. The van der Waals surface area contributed by atoms with Crippen LogP contribution in [0.5, 0.6) is 0 Å². The van der Waals surface area contributed by atoms with E-state index < -0.39 is 7.26 Å². The number of nitrogens with zero attached hydrogens (tertiary/aromatic N) is 2. The Hall–Kier alpha value is -2.75. The molecule has 1 unspecified atom stereocenters. The van der Waals surface area contributed by atoms with Crippen LogP contribution in [0.1, 0.15) is 116 Å². The van der Waals surface area contributed by atoms with Crippen LogP contribution in [-0.2, 0) is 9.53 Å². The lowest BCUT2D eigenvalue weighted by Gasteiger charge is -2.27. The minimum Gasteiger partial charge on any atom is -1.00 e. The van der Waals surface area contributed by atoms with Crippen molar-refractivity contribution in [1.29, 1.82) is 0 Å². The smallest absolute Gasteiger partial charge is 0.305 e. The van der Waals surface area contributed by atoms with Crippen molar-refractivity contribution in [3.05, 3.63) is 110 Å². The molecular formula is C42H58BrN2O2P. The SMILES string of the molecule is CCCCC(CCCCCCCCCCCCC(=O)OCCC[P+](c1ccccc1)(c1ccccc1)c1ccccc1)n1ccnc1.[Br-]. The van der Waals surface area contributed by atoms with Crippen molar-refractivity contribution in [2.75, 3.05) is 12.8 Å². The summed E-state index contributed by atoms with van der Waals surface area (Å²) in [7, 11) is -1.87. The molecule has 4 aromatic rings. The zero-order chi connectivity index (χ0) is 32.8. The third-order valence-corrected chi connectivity index (χ3v) is 14.0. The highest BCUT2D eigenvalue weighted by molar-refractivity contribution is 7.95. The number of carbonyl (C=O) groups excluding carboxylic acids is 1. The Morgan fingerprint density at radius 3 is 1.62 bits per heavy atom. The number of unbranched alkanes of at least 4 members (excludes halogenated alkanes) is 10. The van der Waals surface area contributed by atoms with Crippen molar-refractivity contribution < 1.29 is 26.5 Å². The zero-order valence-electron chi connectivity index (χ0n) is 29.2. The van der Waals surface area contributed by atoms with Gasteiger partial charge in [-0.15, -0.1) is 0 Å². The van der Waals surface area contributed by atoms with E-state index in [1.807, 2.05) is 12.5 Å². The summed E-state index contributed by atoms with van der Waals surface area (Å²) < 4.78 is 8.08. The maximum Gasteiger partial charge on any atom is 0.305 e. The van der Waals surface area contributed by atoms with Crippen LogP contribution in [0.25, 0.3) is 0 Å². The van der Waals surface area contributed by atoms with Crippen molar-refractivity contribution in [2.45, 2.75) is 116 Å². The molecule has 0 aliphatic rings. The van der Waals surface area contributed by atoms with Gasteiger partial charge in [0, 0.05) is 31.3 Å². The summed E-state index contributed by atoms with van der Waals surface area (Å²) in [5, 5.41) is 4.13. The first-order valence-corrected chi connectivity index (χ1v) is 20.4. The summed E-state index contributed by atoms with van der Waals surface area (Å²) in [6.07, 6.45) is 26.0. The minimum atomic E-state index is -1.87. The predicted octanol–water partition coefficient (Wildman–Crippen LogP) is 7.23. The fourth-order valence-corrected chi connectivity index (χ4v) is 11.2. The molecule has 4 rings (SSSR count). The topological polar surface area (TPSA) is 44.1 Å². The Labute approximate surface area is 302 Å². The molecule has 0 spiro atoms. The second-order valence-electron chi connectivity index (χ2n) is 13.0. The standard InChI is InChI=1S/C42H58N2O2P.BrH/c1-2-3-24-38(44-34-33-43-37-44)25-15-10-8-6-4-5-7-9-11-22-32-42(45)46-35-23-36-47(39-26-16-12-17-27-39,40-28-18-13-19-29-40)41-30-20-14-21-31-41;/h12-14,16-21,26-31,33-34,37-38H,2-11,15,22-25,32,35-36H2,1H3;1H/q+1;/p-1. The Morgan fingerprint density at radius 2 is 1.15 bits per heavy atom. The number of esters is 1. The van der Waals surface area contributed by atoms with Gasteiger partial charge in [-0.2, -0.15) is 0 Å². The molecule has 0 saturated carbocycles. The van der Waals surface area contributed by atoms with Crippen molar-refractivity contribution >= 4 is 29.1 Å². The summed E-state index contributed by atoms with van der Waals surface area (Å²) in [5.74, 6) is -0.0435. The van der Waals surface area contributed by atoms with Gasteiger partial charge in [0.25, 0.3) is 0 Å². The summed E-state index contributed by atoms with van der Waals surface area (Å²) in [6, 6.07) is 33.4. The van der Waals surface area contributed by atoms with Crippen LogP contribution in [-0.4, -0.2) is 28.3 Å². The van der Waals surface area contributed by atoms with Crippen molar-refractivity contribution in [2.24, 2.45) is 0 Å². The lowest BCUT2D eigenvalue weighted by atomic mass is 10.0. The van der Waals surface area contributed by atoms with Crippen LogP contribution in [0.3, 0.4) is 0 Å². The van der Waals surface area contributed by atoms with Crippen LogP contribution in [0.15, 0.2) is 110 Å². The molecule has 0 bridgehead atoms. The van der Waals surface area contributed by atoms with E-state index in [1.54, 1.807) is 0 Å². The van der Waals surface area contributed by atoms with Gasteiger partial charge in [0.1, 0.15) is 23.2 Å². The van der Waals surface area contributed by atoms with E-state index in [0.29, 0.717) is 19.1 Å². The van der Waals surface area contributed by atoms with Gasteiger partial charge in [0.15, 0.2) is 0 Å². The molecule has 0 saturated heterocycles. The first-order chi connectivity index (χ1) is 23.2. The van der Waals surface area contributed by atoms with Crippen molar-refractivity contribution in [1.82, 2.24) is 9.55 Å². The minimum absolute atomic E-state index is 0. The average Bonchev–Trinajstić information content (AvgIpc) is 3.66. The number of ether oxygens (including phenoxy) is 1. The van der Waals surface area contributed by atoms with E-state index in [4.69, 9.17) is 4.74 Å². The monoisotopic (exact) mass is 732 g/mol. The van der Waals surface area contributed by atoms with Gasteiger partial charge < -0.3 is 26.3 Å². The zero-order valence-corrected chi connectivity index (χ0v) is 31.7. The van der Waals surface area contributed by atoms with Gasteiger partial charge >= 0.3 is 5.97 Å². The van der Waals surface area contributed by atoms with Crippen LogP contribution in [0, 0.1) is 0 Å². The molecular weight excluding hydrogens is 675 g/mol. The molecule has 4 nitrogen and oxygen atoms in total. The molecule has 0 radical (unpaired) electrons. The van der Waals surface area contributed by atoms with Gasteiger partial charge in [-0.3, -0.25) is 4.79 Å². The van der Waals surface area contributed by atoms with Crippen molar-refractivity contribution in [3.63, 3.8) is 0 Å². The van der Waals surface area contributed by atoms with E-state index in [2.05, 4.69) is 114 Å². The normalized spacial score (nSPS) is 11.9. The van der Waals surface area contributed by atoms with E-state index in [9.17, 15) is 4.79 Å². The van der Waals surface area contributed by atoms with E-state index in [-0.39, 0.29) is 23.0 Å². The molecule has 1 atom stereocenters. The lowest BCUT2D eigenvalue weighted by molar-refractivity contribution is -0.143. The summed E-state index contributed by atoms with van der Waals surface area (Å²) in [5.41, 5.74) is 0. The Kier molecular flexibility index (Phi) is 19.5. The quantitative estimate of drug-likeness (QED) is 0.0434. The maximum atomic E-state index is 12.6. The number of halogens is 1. The van der Waals surface area contributed by atoms with Crippen molar-refractivity contribution in [3.8, 4) is 0 Å². The van der Waals surface area contributed by atoms with Crippen LogP contribution >= 0.6 is 7.26 Å². The number of hydrogen-bond acceptors (Lipinski definition) is 3. The molecule has 0 aliphatic heterocycles. The number of imidazole rings is 1. The molecule has 1 heterocycles. The molecule has 0 amide bonds. The number of hydrogen-bond donors (Lipinski definition) is 0. The Bertz CT molecular complexity index is 1260. The number of aromatic nitrogens is 2. The van der Waals surface area contributed by atoms with E-state index >= 15 is 0 Å². The molecule has 6 heteroatoms.